The molecule has 30 heavy (non-hydrogen) atoms. The fourth-order valence-electron chi connectivity index (χ4n) is 3.28. The van der Waals surface area contributed by atoms with E-state index in [9.17, 15) is 18.0 Å². The van der Waals surface area contributed by atoms with Crippen molar-refractivity contribution in [2.75, 3.05) is 23.8 Å². The number of rotatable bonds is 9. The molecule has 6 nitrogen and oxygen atoms in total. The molecule has 0 saturated carbocycles. The molecule has 1 aliphatic rings. The predicted octanol–water partition coefficient (Wildman–Crippen LogP) is 4.28. The van der Waals surface area contributed by atoms with Gasteiger partial charge in [-0.15, -0.1) is 0 Å². The van der Waals surface area contributed by atoms with E-state index in [-0.39, 0.29) is 26.1 Å². The lowest BCUT2D eigenvalue weighted by Crippen LogP contribution is -2.55. The molecule has 0 bridgehead atoms. The number of benzene rings is 2. The smallest absolute Gasteiger partial charge is 0.430 e. The van der Waals surface area contributed by atoms with Gasteiger partial charge in [-0.25, -0.2) is 4.79 Å². The molecular formula is C21H23F3N2O4. The predicted molar refractivity (Wildman–Crippen MR) is 106 cm³/mol. The second-order valence-corrected chi connectivity index (χ2v) is 6.93. The fraction of sp³-hybridized carbons (Fsp3) is 0.381. The summed E-state index contributed by atoms with van der Waals surface area (Å²) in [6.07, 6.45) is -5.65. The second-order valence-electron chi connectivity index (χ2n) is 6.93. The number of carbonyl (C=O) groups is 1. The number of nitrogens with one attached hydrogen (secondary N) is 2. The summed E-state index contributed by atoms with van der Waals surface area (Å²) in [5.41, 5.74) is -0.796. The van der Waals surface area contributed by atoms with Crippen LogP contribution in [-0.2, 0) is 16.0 Å². The number of carboxylic acids is 1. The zero-order valence-corrected chi connectivity index (χ0v) is 16.3. The summed E-state index contributed by atoms with van der Waals surface area (Å²) in [6, 6.07) is 13.0. The van der Waals surface area contributed by atoms with E-state index >= 15 is 0 Å². The Bertz CT molecular complexity index is 846. The van der Waals surface area contributed by atoms with Gasteiger partial charge in [-0.3, -0.25) is 0 Å². The third kappa shape index (κ3) is 4.79. The molecule has 0 radical (unpaired) electrons. The largest absolute Gasteiger partial charge is 0.493 e. The number of carboxylic acid groups (broad SMARTS) is 1. The van der Waals surface area contributed by atoms with Gasteiger partial charge >= 0.3 is 12.1 Å². The summed E-state index contributed by atoms with van der Waals surface area (Å²) >= 11 is 0. The SMILES string of the molecule is CCO[C@@H](Cc1ccc(OCCC2(C(F)(F)F)Nc3ccccc3N2)cc1)C(=O)O. The fourth-order valence-corrected chi connectivity index (χ4v) is 3.28. The van der Waals surface area contributed by atoms with Crippen LogP contribution in [0.25, 0.3) is 0 Å². The molecule has 0 saturated heterocycles. The Labute approximate surface area is 172 Å². The highest BCUT2D eigenvalue weighted by molar-refractivity contribution is 5.76. The van der Waals surface area contributed by atoms with E-state index in [0.717, 1.165) is 5.56 Å². The molecule has 1 aliphatic heterocycles. The van der Waals surface area contributed by atoms with Crippen molar-refractivity contribution in [2.24, 2.45) is 0 Å². The Kier molecular flexibility index (Phi) is 6.40. The lowest BCUT2D eigenvalue weighted by molar-refractivity contribution is -0.172. The van der Waals surface area contributed by atoms with Gasteiger partial charge in [0.05, 0.1) is 18.0 Å². The molecule has 0 aromatic heterocycles. The zero-order chi connectivity index (χ0) is 21.8. The first-order valence-corrected chi connectivity index (χ1v) is 9.52. The van der Waals surface area contributed by atoms with Gasteiger partial charge in [0.2, 0.25) is 5.66 Å². The Morgan fingerprint density at radius 2 is 1.70 bits per heavy atom. The standard InChI is InChI=1S/C21H23F3N2O4/c1-2-29-18(19(27)28)13-14-7-9-15(10-8-14)30-12-11-20(21(22,23)24)25-16-5-3-4-6-17(16)26-20/h3-10,18,25-26H,2,11-13H2,1H3,(H,27,28)/t18-/m0/s1. The lowest BCUT2D eigenvalue weighted by atomic mass is 10.1. The molecule has 2 aromatic rings. The van der Waals surface area contributed by atoms with E-state index < -0.39 is 23.9 Å². The molecule has 0 spiro atoms. The normalized spacial score (nSPS) is 15.6. The molecule has 162 valence electrons. The van der Waals surface area contributed by atoms with Gasteiger partial charge < -0.3 is 25.2 Å². The average molecular weight is 424 g/mol. The first-order chi connectivity index (χ1) is 14.2. The van der Waals surface area contributed by atoms with Crippen LogP contribution in [0.5, 0.6) is 5.75 Å². The highest BCUT2D eigenvalue weighted by Crippen LogP contribution is 2.44. The van der Waals surface area contributed by atoms with Crippen molar-refractivity contribution in [3.63, 3.8) is 0 Å². The van der Waals surface area contributed by atoms with Crippen LogP contribution in [0.15, 0.2) is 48.5 Å². The maximum atomic E-state index is 13.8. The summed E-state index contributed by atoms with van der Waals surface area (Å²) in [6.45, 7) is 1.82. The van der Waals surface area contributed by atoms with E-state index in [1.165, 1.54) is 0 Å². The number of para-hydroxylation sites is 2. The van der Waals surface area contributed by atoms with Crippen molar-refractivity contribution in [1.29, 1.82) is 0 Å². The molecule has 9 heteroatoms. The number of hydrogen-bond acceptors (Lipinski definition) is 5. The first-order valence-electron chi connectivity index (χ1n) is 9.52. The molecule has 1 atom stereocenters. The Morgan fingerprint density at radius 3 is 2.20 bits per heavy atom. The molecule has 0 unspecified atom stereocenters. The van der Waals surface area contributed by atoms with Gasteiger partial charge in [0.1, 0.15) is 5.75 Å². The van der Waals surface area contributed by atoms with Crippen LogP contribution in [0, 0.1) is 0 Å². The molecule has 0 fully saturated rings. The topological polar surface area (TPSA) is 79.8 Å². The number of ether oxygens (including phenoxy) is 2. The maximum Gasteiger partial charge on any atom is 0.430 e. The van der Waals surface area contributed by atoms with E-state index in [0.29, 0.717) is 17.1 Å². The summed E-state index contributed by atoms with van der Waals surface area (Å²) < 4.78 is 52.0. The van der Waals surface area contributed by atoms with Gasteiger partial charge in [-0.05, 0) is 36.8 Å². The number of fused-ring (bicyclic) bond motifs is 1. The minimum Gasteiger partial charge on any atom is -0.493 e. The van der Waals surface area contributed by atoms with Crippen LogP contribution in [0.1, 0.15) is 18.9 Å². The van der Waals surface area contributed by atoms with Gasteiger partial charge in [0.15, 0.2) is 6.10 Å². The van der Waals surface area contributed by atoms with E-state index in [4.69, 9.17) is 14.6 Å². The maximum absolute atomic E-state index is 13.8. The molecule has 2 aromatic carbocycles. The van der Waals surface area contributed by atoms with Crippen molar-refractivity contribution in [3.05, 3.63) is 54.1 Å². The first kappa shape index (κ1) is 21.8. The minimum atomic E-state index is -4.54. The van der Waals surface area contributed by atoms with Crippen LogP contribution in [0.4, 0.5) is 24.5 Å². The van der Waals surface area contributed by atoms with Crippen molar-refractivity contribution in [3.8, 4) is 5.75 Å². The quantitative estimate of drug-likeness (QED) is 0.558. The summed E-state index contributed by atoms with van der Waals surface area (Å²) in [4.78, 5) is 11.2. The van der Waals surface area contributed by atoms with E-state index in [2.05, 4.69) is 10.6 Å². The third-order valence-corrected chi connectivity index (χ3v) is 4.84. The molecule has 1 heterocycles. The van der Waals surface area contributed by atoms with E-state index in [1.807, 2.05) is 0 Å². The van der Waals surface area contributed by atoms with Crippen LogP contribution in [-0.4, -0.2) is 42.2 Å². The minimum absolute atomic E-state index is 0.177. The summed E-state index contributed by atoms with van der Waals surface area (Å²) in [7, 11) is 0. The number of halogens is 3. The van der Waals surface area contributed by atoms with Crippen LogP contribution in [0.2, 0.25) is 0 Å². The van der Waals surface area contributed by atoms with Crippen molar-refractivity contribution >= 4 is 17.3 Å². The zero-order valence-electron chi connectivity index (χ0n) is 16.3. The highest BCUT2D eigenvalue weighted by atomic mass is 19.4. The third-order valence-electron chi connectivity index (χ3n) is 4.84. The van der Waals surface area contributed by atoms with Gasteiger partial charge in [-0.1, -0.05) is 24.3 Å². The number of alkyl halides is 3. The van der Waals surface area contributed by atoms with Gasteiger partial charge in [0, 0.05) is 19.4 Å². The van der Waals surface area contributed by atoms with Crippen molar-refractivity contribution in [2.45, 2.75) is 37.7 Å². The number of hydrogen-bond donors (Lipinski definition) is 3. The Balaban J connectivity index is 1.59. The van der Waals surface area contributed by atoms with Crippen LogP contribution >= 0.6 is 0 Å². The monoisotopic (exact) mass is 424 g/mol. The van der Waals surface area contributed by atoms with Crippen molar-refractivity contribution in [1.82, 2.24) is 0 Å². The van der Waals surface area contributed by atoms with Crippen molar-refractivity contribution < 1.29 is 32.5 Å². The lowest BCUT2D eigenvalue weighted by Gasteiger charge is -2.32. The van der Waals surface area contributed by atoms with Crippen LogP contribution < -0.4 is 15.4 Å². The molecular weight excluding hydrogens is 401 g/mol. The molecule has 0 amide bonds. The van der Waals surface area contributed by atoms with Gasteiger partial charge in [0.25, 0.3) is 0 Å². The molecule has 3 N–H and O–H groups in total. The molecule has 3 rings (SSSR count). The number of aliphatic carboxylic acids is 1. The second kappa shape index (κ2) is 8.83. The summed E-state index contributed by atoms with van der Waals surface area (Å²) in [5.74, 6) is -0.651. The van der Waals surface area contributed by atoms with Crippen LogP contribution in [0.3, 0.4) is 0 Å². The Hall–Kier alpha value is -2.94. The highest BCUT2D eigenvalue weighted by Gasteiger charge is 2.57. The average Bonchev–Trinajstić information content (AvgIpc) is 3.08. The molecule has 0 aliphatic carbocycles. The summed E-state index contributed by atoms with van der Waals surface area (Å²) in [5, 5.41) is 14.2. The Morgan fingerprint density at radius 1 is 1.10 bits per heavy atom. The van der Waals surface area contributed by atoms with Gasteiger partial charge in [-0.2, -0.15) is 13.2 Å². The number of anilines is 2. The van der Waals surface area contributed by atoms with E-state index in [1.54, 1.807) is 55.5 Å².